The number of nitrogens with one attached hydrogen (secondary N) is 1. The minimum absolute atomic E-state index is 0.320. The minimum atomic E-state index is -3.89. The second kappa shape index (κ2) is 6.96. The lowest BCUT2D eigenvalue weighted by Gasteiger charge is -2.10. The highest BCUT2D eigenvalue weighted by Crippen LogP contribution is 2.27. The number of aryl methyl sites for hydroxylation is 1. The number of benzene rings is 2. The van der Waals surface area contributed by atoms with Gasteiger partial charge in [0.15, 0.2) is 11.6 Å². The molecule has 128 valence electrons. The van der Waals surface area contributed by atoms with Crippen LogP contribution in [0.1, 0.15) is 22.8 Å². The van der Waals surface area contributed by atoms with E-state index in [1.807, 2.05) is 13.0 Å². The van der Waals surface area contributed by atoms with E-state index in [2.05, 4.69) is 0 Å². The van der Waals surface area contributed by atoms with Gasteiger partial charge in [-0.3, -0.25) is 4.79 Å². The summed E-state index contributed by atoms with van der Waals surface area (Å²) >= 11 is 0. The Kier molecular flexibility index (Phi) is 5.18. The van der Waals surface area contributed by atoms with E-state index in [9.17, 15) is 22.0 Å². The maximum Gasteiger partial charge on any atom is 0.267 e. The third-order valence-corrected chi connectivity index (χ3v) is 3.63. The largest absolute Gasteiger partial charge is 0.454 e. The van der Waals surface area contributed by atoms with Crippen molar-refractivity contribution in [1.29, 1.82) is 0 Å². The van der Waals surface area contributed by atoms with E-state index in [-0.39, 0.29) is 0 Å². The maximum absolute atomic E-state index is 14.1. The Bertz CT molecular complexity index is 882. The number of hydrogen-bond donors (Lipinski definition) is 1. The molecule has 0 radical (unpaired) electrons. The molecule has 0 bridgehead atoms. The first-order valence-corrected chi connectivity index (χ1v) is 8.86. The van der Waals surface area contributed by atoms with Crippen molar-refractivity contribution in [3.63, 3.8) is 0 Å². The first-order chi connectivity index (χ1) is 11.2. The van der Waals surface area contributed by atoms with Gasteiger partial charge < -0.3 is 4.74 Å². The van der Waals surface area contributed by atoms with Crippen molar-refractivity contribution in [1.82, 2.24) is 4.72 Å². The monoisotopic (exact) mass is 355 g/mol. The molecule has 2 aromatic rings. The average molecular weight is 355 g/mol. The molecule has 24 heavy (non-hydrogen) atoms. The Labute approximate surface area is 138 Å². The fourth-order valence-electron chi connectivity index (χ4n) is 1.96. The van der Waals surface area contributed by atoms with Crippen molar-refractivity contribution < 1.29 is 26.7 Å². The van der Waals surface area contributed by atoms with Crippen LogP contribution in [-0.4, -0.2) is 20.6 Å². The standard InChI is InChI=1S/C16H15F2NO4S/c1-3-10-5-4-6-11(7-10)23-15-9-13(17)12(8-14(15)18)16(20)19-24(2,21)22/h4-9H,3H2,1-2H3,(H,19,20). The molecule has 0 saturated heterocycles. The molecule has 0 atom stereocenters. The summed E-state index contributed by atoms with van der Waals surface area (Å²) in [4.78, 5) is 11.6. The number of rotatable bonds is 5. The molecule has 0 unspecified atom stereocenters. The Morgan fingerprint density at radius 2 is 1.88 bits per heavy atom. The number of hydrogen-bond acceptors (Lipinski definition) is 4. The molecule has 0 heterocycles. The Balaban J connectivity index is 2.31. The average Bonchev–Trinajstić information content (AvgIpc) is 2.49. The second-order valence-corrected chi connectivity index (χ2v) is 6.82. The van der Waals surface area contributed by atoms with Gasteiger partial charge in [0.2, 0.25) is 10.0 Å². The summed E-state index contributed by atoms with van der Waals surface area (Å²) in [5.41, 5.74) is 0.227. The van der Waals surface area contributed by atoms with Crippen LogP contribution in [0.25, 0.3) is 0 Å². The molecule has 2 rings (SSSR count). The Morgan fingerprint density at radius 3 is 2.50 bits per heavy atom. The van der Waals surface area contributed by atoms with Gasteiger partial charge in [0, 0.05) is 6.07 Å². The summed E-state index contributed by atoms with van der Waals surface area (Å²) in [6.07, 6.45) is 1.48. The van der Waals surface area contributed by atoms with Crippen LogP contribution in [0.4, 0.5) is 8.78 Å². The van der Waals surface area contributed by atoms with Gasteiger partial charge in [0.25, 0.3) is 5.91 Å². The van der Waals surface area contributed by atoms with Crippen molar-refractivity contribution in [2.75, 3.05) is 6.26 Å². The smallest absolute Gasteiger partial charge is 0.267 e. The number of carbonyl (C=O) groups is 1. The van der Waals surface area contributed by atoms with Crippen molar-refractivity contribution >= 4 is 15.9 Å². The second-order valence-electron chi connectivity index (χ2n) is 5.07. The van der Waals surface area contributed by atoms with E-state index < -0.39 is 38.9 Å². The summed E-state index contributed by atoms with van der Waals surface area (Å²) in [5, 5.41) is 0. The zero-order chi connectivity index (χ0) is 17.9. The first-order valence-electron chi connectivity index (χ1n) is 6.97. The highest BCUT2D eigenvalue weighted by atomic mass is 32.2. The van der Waals surface area contributed by atoms with Crippen LogP contribution >= 0.6 is 0 Å². The van der Waals surface area contributed by atoms with Crippen LogP contribution in [0.5, 0.6) is 11.5 Å². The van der Waals surface area contributed by atoms with Gasteiger partial charge in [-0.15, -0.1) is 0 Å². The van der Waals surface area contributed by atoms with Crippen LogP contribution in [-0.2, 0) is 16.4 Å². The number of halogens is 2. The van der Waals surface area contributed by atoms with E-state index in [1.54, 1.807) is 22.9 Å². The van der Waals surface area contributed by atoms with Crippen LogP contribution in [0.15, 0.2) is 36.4 Å². The SMILES string of the molecule is CCc1cccc(Oc2cc(F)c(C(=O)NS(C)(=O)=O)cc2F)c1. The van der Waals surface area contributed by atoms with Crippen molar-refractivity contribution in [2.45, 2.75) is 13.3 Å². The van der Waals surface area contributed by atoms with Gasteiger partial charge in [-0.05, 0) is 30.2 Å². The van der Waals surface area contributed by atoms with Crippen LogP contribution in [0, 0.1) is 11.6 Å². The third kappa shape index (κ3) is 4.51. The van der Waals surface area contributed by atoms with Crippen LogP contribution in [0.2, 0.25) is 0 Å². The molecular weight excluding hydrogens is 340 g/mol. The number of carbonyl (C=O) groups excluding carboxylic acids is 1. The van der Waals surface area contributed by atoms with Gasteiger partial charge >= 0.3 is 0 Å². The lowest BCUT2D eigenvalue weighted by Crippen LogP contribution is -2.30. The zero-order valence-corrected chi connectivity index (χ0v) is 13.8. The highest BCUT2D eigenvalue weighted by molar-refractivity contribution is 7.89. The fourth-order valence-corrected chi connectivity index (χ4v) is 2.41. The molecule has 5 nitrogen and oxygen atoms in total. The topological polar surface area (TPSA) is 72.5 Å². The van der Waals surface area contributed by atoms with Gasteiger partial charge in [-0.25, -0.2) is 21.9 Å². The summed E-state index contributed by atoms with van der Waals surface area (Å²) in [6.45, 7) is 1.94. The molecule has 1 amide bonds. The van der Waals surface area contributed by atoms with Gasteiger partial charge in [0.05, 0.1) is 11.8 Å². The summed E-state index contributed by atoms with van der Waals surface area (Å²) in [6, 6.07) is 8.14. The fraction of sp³-hybridized carbons (Fsp3) is 0.188. The quantitative estimate of drug-likeness (QED) is 0.895. The predicted molar refractivity (Wildman–Crippen MR) is 84.6 cm³/mol. The summed E-state index contributed by atoms with van der Waals surface area (Å²) in [7, 11) is -3.89. The normalized spacial score (nSPS) is 11.2. The molecule has 0 fully saturated rings. The molecule has 0 aliphatic carbocycles. The maximum atomic E-state index is 14.1. The molecule has 0 spiro atoms. The van der Waals surface area contributed by atoms with E-state index in [4.69, 9.17) is 4.74 Å². The first kappa shape index (κ1) is 17.9. The minimum Gasteiger partial charge on any atom is -0.454 e. The lowest BCUT2D eigenvalue weighted by molar-refractivity contribution is 0.0977. The molecule has 1 N–H and O–H groups in total. The van der Waals surface area contributed by atoms with Crippen LogP contribution in [0.3, 0.4) is 0 Å². The van der Waals surface area contributed by atoms with Gasteiger partial charge in [0.1, 0.15) is 11.6 Å². The van der Waals surface area contributed by atoms with Crippen molar-refractivity contribution in [2.24, 2.45) is 0 Å². The molecular formula is C16H15F2NO4S. The number of amides is 1. The van der Waals surface area contributed by atoms with Gasteiger partial charge in [-0.2, -0.15) is 0 Å². The summed E-state index contributed by atoms with van der Waals surface area (Å²) < 4.78 is 57.0. The summed E-state index contributed by atoms with van der Waals surface area (Å²) in [5.74, 6) is -3.43. The number of ether oxygens (including phenoxy) is 1. The molecule has 0 saturated carbocycles. The van der Waals surface area contributed by atoms with E-state index in [0.717, 1.165) is 18.2 Å². The van der Waals surface area contributed by atoms with E-state index >= 15 is 0 Å². The van der Waals surface area contributed by atoms with E-state index in [0.29, 0.717) is 17.9 Å². The zero-order valence-electron chi connectivity index (χ0n) is 13.0. The Morgan fingerprint density at radius 1 is 1.17 bits per heavy atom. The highest BCUT2D eigenvalue weighted by Gasteiger charge is 2.19. The molecule has 0 aliphatic rings. The number of sulfonamides is 1. The lowest BCUT2D eigenvalue weighted by atomic mass is 10.1. The third-order valence-electron chi connectivity index (χ3n) is 3.08. The predicted octanol–water partition coefficient (Wildman–Crippen LogP) is 3.01. The molecule has 8 heteroatoms. The van der Waals surface area contributed by atoms with Crippen molar-refractivity contribution in [3.05, 3.63) is 59.2 Å². The van der Waals surface area contributed by atoms with Crippen LogP contribution < -0.4 is 9.46 Å². The van der Waals surface area contributed by atoms with E-state index in [1.165, 1.54) is 0 Å². The molecule has 0 aromatic heterocycles. The molecule has 2 aromatic carbocycles. The van der Waals surface area contributed by atoms with Crippen molar-refractivity contribution in [3.8, 4) is 11.5 Å². The van der Waals surface area contributed by atoms with Gasteiger partial charge in [-0.1, -0.05) is 19.1 Å². The molecule has 0 aliphatic heterocycles. The Hall–Kier alpha value is -2.48.